The maximum atomic E-state index is 10.6. The third kappa shape index (κ3) is 3.07. The predicted molar refractivity (Wildman–Crippen MR) is 66.4 cm³/mol. The lowest BCUT2D eigenvalue weighted by molar-refractivity contribution is -0.384. The molecule has 7 nitrogen and oxygen atoms in total. The first-order chi connectivity index (χ1) is 8.66. The number of nitrogens with two attached hydrogens (primary N) is 1. The second-order valence-electron chi connectivity index (χ2n) is 4.31. The van der Waals surface area contributed by atoms with Crippen molar-refractivity contribution in [3.63, 3.8) is 0 Å². The zero-order valence-electron chi connectivity index (χ0n) is 9.96. The summed E-state index contributed by atoms with van der Waals surface area (Å²) in [4.78, 5) is 13.9. The van der Waals surface area contributed by atoms with E-state index >= 15 is 0 Å². The van der Waals surface area contributed by atoms with E-state index in [1.54, 1.807) is 0 Å². The Bertz CT molecular complexity index is 432. The molecule has 0 bridgehead atoms. The molecule has 1 fully saturated rings. The van der Waals surface area contributed by atoms with Crippen molar-refractivity contribution in [3.8, 4) is 5.88 Å². The molecule has 98 valence electrons. The lowest BCUT2D eigenvalue weighted by atomic mass is 10.1. The molecule has 3 N–H and O–H groups in total. The van der Waals surface area contributed by atoms with Crippen LogP contribution in [0, 0.1) is 16.0 Å². The number of anilines is 1. The van der Waals surface area contributed by atoms with E-state index < -0.39 is 4.92 Å². The van der Waals surface area contributed by atoms with Crippen LogP contribution in [0.5, 0.6) is 5.88 Å². The number of ether oxygens (including phenoxy) is 1. The Morgan fingerprint density at radius 2 is 2.44 bits per heavy atom. The Morgan fingerprint density at radius 3 is 3.06 bits per heavy atom. The normalized spacial score (nSPS) is 18.8. The standard InChI is InChI=1S/C11H16N4O3/c12-11-9(15(16)17)1-2-10(14-11)18-6-4-8-3-5-13-7-8/h1-2,8,13H,3-7H2,(H2,12,14). The smallest absolute Gasteiger partial charge is 0.311 e. The van der Waals surface area contributed by atoms with Crippen LogP contribution in [0.15, 0.2) is 12.1 Å². The minimum atomic E-state index is -0.559. The number of nitrogens with zero attached hydrogens (tertiary/aromatic N) is 2. The zero-order chi connectivity index (χ0) is 13.0. The first-order valence-electron chi connectivity index (χ1n) is 5.91. The minimum Gasteiger partial charge on any atom is -0.478 e. The molecular weight excluding hydrogens is 236 g/mol. The highest BCUT2D eigenvalue weighted by molar-refractivity contribution is 5.53. The lowest BCUT2D eigenvalue weighted by Gasteiger charge is -2.09. The molecule has 1 aliphatic rings. The number of nitrogens with one attached hydrogen (secondary N) is 1. The molecule has 0 saturated carbocycles. The van der Waals surface area contributed by atoms with Gasteiger partial charge >= 0.3 is 5.69 Å². The van der Waals surface area contributed by atoms with Gasteiger partial charge in [0.15, 0.2) is 0 Å². The van der Waals surface area contributed by atoms with Crippen molar-refractivity contribution in [1.82, 2.24) is 10.3 Å². The summed E-state index contributed by atoms with van der Waals surface area (Å²) in [5.74, 6) is 0.865. The molecule has 1 saturated heterocycles. The van der Waals surface area contributed by atoms with Crippen LogP contribution in [0.2, 0.25) is 0 Å². The second-order valence-corrected chi connectivity index (χ2v) is 4.31. The monoisotopic (exact) mass is 252 g/mol. The van der Waals surface area contributed by atoms with Crippen LogP contribution in [-0.2, 0) is 0 Å². The van der Waals surface area contributed by atoms with E-state index in [2.05, 4.69) is 10.3 Å². The molecule has 0 aliphatic carbocycles. The third-order valence-corrected chi connectivity index (χ3v) is 3.01. The van der Waals surface area contributed by atoms with E-state index in [0.29, 0.717) is 18.4 Å². The molecule has 1 atom stereocenters. The maximum absolute atomic E-state index is 10.6. The molecule has 7 heteroatoms. The maximum Gasteiger partial charge on any atom is 0.311 e. The largest absolute Gasteiger partial charge is 0.478 e. The Balaban J connectivity index is 1.85. The molecule has 2 rings (SSSR count). The molecule has 18 heavy (non-hydrogen) atoms. The highest BCUT2D eigenvalue weighted by Crippen LogP contribution is 2.22. The average Bonchev–Trinajstić information content (AvgIpc) is 2.81. The molecule has 1 unspecified atom stereocenters. The number of rotatable bonds is 5. The average molecular weight is 252 g/mol. The molecule has 0 aromatic carbocycles. The molecule has 1 aromatic rings. The van der Waals surface area contributed by atoms with E-state index in [9.17, 15) is 10.1 Å². The van der Waals surface area contributed by atoms with Gasteiger partial charge in [-0.3, -0.25) is 10.1 Å². The van der Waals surface area contributed by atoms with Gasteiger partial charge in [0.1, 0.15) is 0 Å². The quantitative estimate of drug-likeness (QED) is 0.597. The molecule has 0 spiro atoms. The van der Waals surface area contributed by atoms with Crippen LogP contribution in [0.3, 0.4) is 0 Å². The number of hydrogen-bond donors (Lipinski definition) is 2. The van der Waals surface area contributed by atoms with Gasteiger partial charge in [0.05, 0.1) is 11.5 Å². The third-order valence-electron chi connectivity index (χ3n) is 3.01. The first-order valence-corrected chi connectivity index (χ1v) is 5.91. The summed E-state index contributed by atoms with van der Waals surface area (Å²) in [7, 11) is 0. The number of aromatic nitrogens is 1. The summed E-state index contributed by atoms with van der Waals surface area (Å²) in [6.45, 7) is 2.64. The first kappa shape index (κ1) is 12.6. The topological polar surface area (TPSA) is 103 Å². The number of hydrogen-bond acceptors (Lipinski definition) is 6. The summed E-state index contributed by atoms with van der Waals surface area (Å²) < 4.78 is 5.44. The van der Waals surface area contributed by atoms with Gasteiger partial charge in [-0.25, -0.2) is 0 Å². The van der Waals surface area contributed by atoms with Gasteiger partial charge in [-0.05, 0) is 31.8 Å². The highest BCUT2D eigenvalue weighted by atomic mass is 16.6. The van der Waals surface area contributed by atoms with E-state index in [-0.39, 0.29) is 11.5 Å². The van der Waals surface area contributed by atoms with Crippen molar-refractivity contribution in [2.24, 2.45) is 5.92 Å². The van der Waals surface area contributed by atoms with Crippen LogP contribution >= 0.6 is 0 Å². The molecular formula is C11H16N4O3. The summed E-state index contributed by atoms with van der Waals surface area (Å²) in [5.41, 5.74) is 5.28. The molecule has 1 aromatic heterocycles. The van der Waals surface area contributed by atoms with Gasteiger partial charge in [-0.15, -0.1) is 0 Å². The summed E-state index contributed by atoms with van der Waals surface area (Å²) in [6.07, 6.45) is 2.12. The van der Waals surface area contributed by atoms with Gasteiger partial charge in [-0.1, -0.05) is 0 Å². The number of pyridine rings is 1. The van der Waals surface area contributed by atoms with Crippen molar-refractivity contribution in [2.45, 2.75) is 12.8 Å². The number of nitrogen functional groups attached to an aromatic ring is 1. The fraction of sp³-hybridized carbons (Fsp3) is 0.545. The number of nitro groups is 1. The van der Waals surface area contributed by atoms with Gasteiger partial charge in [0.25, 0.3) is 0 Å². The van der Waals surface area contributed by atoms with Crippen LogP contribution in [0.1, 0.15) is 12.8 Å². The van der Waals surface area contributed by atoms with Crippen molar-refractivity contribution >= 4 is 11.5 Å². The van der Waals surface area contributed by atoms with Crippen molar-refractivity contribution in [3.05, 3.63) is 22.2 Å². The Morgan fingerprint density at radius 1 is 1.61 bits per heavy atom. The van der Waals surface area contributed by atoms with Gasteiger partial charge < -0.3 is 15.8 Å². The van der Waals surface area contributed by atoms with Crippen molar-refractivity contribution in [2.75, 3.05) is 25.4 Å². The SMILES string of the molecule is Nc1nc(OCCC2CCNC2)ccc1[N+](=O)[O-]. The Hall–Kier alpha value is -1.89. The lowest BCUT2D eigenvalue weighted by Crippen LogP contribution is -2.12. The summed E-state index contributed by atoms with van der Waals surface area (Å²) >= 11 is 0. The van der Waals surface area contributed by atoms with Crippen LogP contribution < -0.4 is 15.8 Å². The molecule has 0 radical (unpaired) electrons. The molecule has 0 amide bonds. The van der Waals surface area contributed by atoms with Gasteiger partial charge in [0, 0.05) is 12.1 Å². The van der Waals surface area contributed by atoms with Crippen LogP contribution in [-0.4, -0.2) is 29.6 Å². The van der Waals surface area contributed by atoms with E-state index in [4.69, 9.17) is 10.5 Å². The fourth-order valence-electron chi connectivity index (χ4n) is 1.97. The van der Waals surface area contributed by atoms with E-state index in [1.165, 1.54) is 18.6 Å². The van der Waals surface area contributed by atoms with Crippen LogP contribution in [0.25, 0.3) is 0 Å². The van der Waals surface area contributed by atoms with Gasteiger partial charge in [-0.2, -0.15) is 4.98 Å². The summed E-state index contributed by atoms with van der Waals surface area (Å²) in [5, 5.41) is 13.8. The zero-order valence-corrected chi connectivity index (χ0v) is 9.96. The summed E-state index contributed by atoms with van der Waals surface area (Å²) in [6, 6.07) is 2.79. The second kappa shape index (κ2) is 5.63. The molecule has 1 aliphatic heterocycles. The van der Waals surface area contributed by atoms with Crippen molar-refractivity contribution in [1.29, 1.82) is 0 Å². The fourth-order valence-corrected chi connectivity index (χ4v) is 1.97. The Labute approximate surface area is 104 Å². The molecule has 2 heterocycles. The highest BCUT2D eigenvalue weighted by Gasteiger charge is 2.15. The van der Waals surface area contributed by atoms with Gasteiger partial charge in [0.2, 0.25) is 11.7 Å². The predicted octanol–water partition coefficient (Wildman–Crippen LogP) is 0.950. The van der Waals surface area contributed by atoms with E-state index in [1.807, 2.05) is 0 Å². The Kier molecular flexibility index (Phi) is 3.93. The van der Waals surface area contributed by atoms with E-state index in [0.717, 1.165) is 19.5 Å². The van der Waals surface area contributed by atoms with Crippen LogP contribution in [0.4, 0.5) is 11.5 Å². The van der Waals surface area contributed by atoms with Crippen molar-refractivity contribution < 1.29 is 9.66 Å². The minimum absolute atomic E-state index is 0.111.